The van der Waals surface area contributed by atoms with Crippen LogP contribution in [-0.4, -0.2) is 24.8 Å². The van der Waals surface area contributed by atoms with Crippen LogP contribution in [0.5, 0.6) is 0 Å². The van der Waals surface area contributed by atoms with Gasteiger partial charge in [-0.05, 0) is 50.1 Å². The molecule has 1 N–H and O–H groups in total. The van der Waals surface area contributed by atoms with Gasteiger partial charge in [0.2, 0.25) is 0 Å². The molecule has 0 spiro atoms. The molecule has 0 amide bonds. The number of rotatable bonds is 5. The molecule has 0 heterocycles. The normalized spacial score (nSPS) is 11.0. The summed E-state index contributed by atoms with van der Waals surface area (Å²) in [5, 5.41) is 3.61. The lowest BCUT2D eigenvalue weighted by Crippen LogP contribution is -2.14. The number of aliphatic imine (C=N–C) groups is 1. The Hall–Kier alpha value is -2.07. The van der Waals surface area contributed by atoms with E-state index in [0.29, 0.717) is 22.1 Å². The van der Waals surface area contributed by atoms with E-state index in [-0.39, 0.29) is 5.82 Å². The molecule has 122 valence electrons. The predicted octanol–water partition coefficient (Wildman–Crippen LogP) is 5.45. The van der Waals surface area contributed by atoms with Gasteiger partial charge in [-0.25, -0.2) is 9.38 Å². The molecule has 5 heteroatoms. The molecule has 0 unspecified atom stereocenters. The first-order valence-electron chi connectivity index (χ1n) is 7.48. The highest BCUT2D eigenvalue weighted by Gasteiger charge is 2.09. The van der Waals surface area contributed by atoms with Crippen molar-refractivity contribution in [3.8, 4) is 0 Å². The monoisotopic (exact) mass is 333 g/mol. The number of anilines is 2. The highest BCUT2D eigenvalue weighted by atomic mass is 35.5. The molecular formula is C18H21ClFN3. The summed E-state index contributed by atoms with van der Waals surface area (Å²) in [6, 6.07) is 8.77. The maximum atomic E-state index is 14.4. The molecule has 23 heavy (non-hydrogen) atoms. The second kappa shape index (κ2) is 7.47. The highest BCUT2D eigenvalue weighted by molar-refractivity contribution is 6.33. The molecule has 0 saturated carbocycles. The van der Waals surface area contributed by atoms with Gasteiger partial charge < -0.3 is 10.2 Å². The third-order valence-electron chi connectivity index (χ3n) is 3.57. The lowest BCUT2D eigenvalue weighted by atomic mass is 10.1. The van der Waals surface area contributed by atoms with Gasteiger partial charge in [-0.15, -0.1) is 0 Å². The summed E-state index contributed by atoms with van der Waals surface area (Å²) in [7, 11) is 1.92. The van der Waals surface area contributed by atoms with Crippen LogP contribution in [0.1, 0.15) is 18.1 Å². The maximum Gasteiger partial charge on any atom is 0.148 e. The van der Waals surface area contributed by atoms with Gasteiger partial charge in [0.25, 0.3) is 0 Å². The van der Waals surface area contributed by atoms with Crippen molar-refractivity contribution >= 4 is 35.0 Å². The van der Waals surface area contributed by atoms with Crippen molar-refractivity contribution in [2.45, 2.75) is 20.8 Å². The van der Waals surface area contributed by atoms with E-state index in [4.69, 9.17) is 11.6 Å². The second-order valence-electron chi connectivity index (χ2n) is 5.54. The van der Waals surface area contributed by atoms with E-state index in [0.717, 1.165) is 17.7 Å². The molecule has 0 aliphatic heterocycles. The van der Waals surface area contributed by atoms with Crippen molar-refractivity contribution in [2.75, 3.05) is 18.9 Å². The summed E-state index contributed by atoms with van der Waals surface area (Å²) >= 11 is 6.16. The Labute approximate surface area is 141 Å². The minimum atomic E-state index is -0.362. The average molecular weight is 334 g/mol. The van der Waals surface area contributed by atoms with Gasteiger partial charge in [0.1, 0.15) is 5.82 Å². The summed E-state index contributed by atoms with van der Waals surface area (Å²) < 4.78 is 14.4. The summed E-state index contributed by atoms with van der Waals surface area (Å²) in [4.78, 5) is 6.25. The average Bonchev–Trinajstić information content (AvgIpc) is 2.52. The Balaban J connectivity index is 2.29. The number of benzene rings is 2. The molecule has 0 fully saturated rings. The molecule has 2 aromatic rings. The van der Waals surface area contributed by atoms with E-state index in [1.807, 2.05) is 44.9 Å². The number of hydrogen-bond donors (Lipinski definition) is 1. The molecule has 0 radical (unpaired) electrons. The molecule has 0 aliphatic rings. The Morgan fingerprint density at radius 1 is 1.22 bits per heavy atom. The second-order valence-corrected chi connectivity index (χ2v) is 5.95. The van der Waals surface area contributed by atoms with E-state index in [1.54, 1.807) is 18.5 Å². The molecule has 0 aliphatic carbocycles. The van der Waals surface area contributed by atoms with Crippen molar-refractivity contribution in [3.05, 3.63) is 52.3 Å². The van der Waals surface area contributed by atoms with Crippen LogP contribution in [0.25, 0.3) is 0 Å². The van der Waals surface area contributed by atoms with Gasteiger partial charge in [-0.3, -0.25) is 0 Å². The fourth-order valence-electron chi connectivity index (χ4n) is 2.03. The van der Waals surface area contributed by atoms with E-state index in [2.05, 4.69) is 10.3 Å². The van der Waals surface area contributed by atoms with Gasteiger partial charge in [0.05, 0.1) is 28.4 Å². The van der Waals surface area contributed by atoms with Crippen LogP contribution in [0.4, 0.5) is 21.5 Å². The molecule has 2 aromatic carbocycles. The number of nitrogens with one attached hydrogen (secondary N) is 1. The highest BCUT2D eigenvalue weighted by Crippen LogP contribution is 2.31. The van der Waals surface area contributed by atoms with E-state index in [1.165, 1.54) is 6.07 Å². The Kier molecular flexibility index (Phi) is 5.61. The zero-order valence-corrected chi connectivity index (χ0v) is 14.6. The lowest BCUT2D eigenvalue weighted by molar-refractivity contribution is 0.552. The Morgan fingerprint density at radius 3 is 2.65 bits per heavy atom. The van der Waals surface area contributed by atoms with E-state index in [9.17, 15) is 4.39 Å². The van der Waals surface area contributed by atoms with Gasteiger partial charge in [0.15, 0.2) is 0 Å². The van der Waals surface area contributed by atoms with E-state index < -0.39 is 0 Å². The molecule has 2 rings (SSSR count). The number of halogens is 2. The van der Waals surface area contributed by atoms with Crippen LogP contribution in [0.2, 0.25) is 5.02 Å². The summed E-state index contributed by atoms with van der Waals surface area (Å²) in [6.45, 7) is 6.74. The number of hydrogen-bond acceptors (Lipinski definition) is 2. The van der Waals surface area contributed by atoms with Crippen LogP contribution in [0, 0.1) is 19.7 Å². The fraction of sp³-hybridized carbons (Fsp3) is 0.278. The van der Waals surface area contributed by atoms with Gasteiger partial charge in [0, 0.05) is 19.7 Å². The van der Waals surface area contributed by atoms with Crippen molar-refractivity contribution in [3.63, 3.8) is 0 Å². The Bertz CT molecular complexity index is 728. The molecule has 3 nitrogen and oxygen atoms in total. The third kappa shape index (κ3) is 4.45. The first-order chi connectivity index (χ1) is 10.9. The first kappa shape index (κ1) is 17.3. The fourth-order valence-corrected chi connectivity index (χ4v) is 2.19. The topological polar surface area (TPSA) is 27.6 Å². The van der Waals surface area contributed by atoms with Crippen molar-refractivity contribution in [1.29, 1.82) is 0 Å². The quantitative estimate of drug-likeness (QED) is 0.582. The predicted molar refractivity (Wildman–Crippen MR) is 97.1 cm³/mol. The van der Waals surface area contributed by atoms with Crippen LogP contribution in [-0.2, 0) is 0 Å². The van der Waals surface area contributed by atoms with Crippen molar-refractivity contribution < 1.29 is 4.39 Å². The first-order valence-corrected chi connectivity index (χ1v) is 7.86. The molecular weight excluding hydrogens is 313 g/mol. The Morgan fingerprint density at radius 2 is 1.96 bits per heavy atom. The minimum absolute atomic E-state index is 0.362. The van der Waals surface area contributed by atoms with Crippen LogP contribution in [0.15, 0.2) is 35.3 Å². The van der Waals surface area contributed by atoms with Crippen LogP contribution >= 0.6 is 11.6 Å². The minimum Gasteiger partial charge on any atom is -0.366 e. The number of nitrogens with zero attached hydrogens (tertiary/aromatic N) is 2. The smallest absolute Gasteiger partial charge is 0.148 e. The maximum absolute atomic E-state index is 14.4. The largest absolute Gasteiger partial charge is 0.366 e. The zero-order chi connectivity index (χ0) is 17.0. The molecule has 0 saturated heterocycles. The van der Waals surface area contributed by atoms with Crippen molar-refractivity contribution in [1.82, 2.24) is 4.90 Å². The van der Waals surface area contributed by atoms with Crippen molar-refractivity contribution in [2.24, 2.45) is 4.99 Å². The van der Waals surface area contributed by atoms with Gasteiger partial charge in [-0.1, -0.05) is 17.7 Å². The van der Waals surface area contributed by atoms with Gasteiger partial charge >= 0.3 is 0 Å². The number of aryl methyl sites for hydroxylation is 2. The lowest BCUT2D eigenvalue weighted by Gasteiger charge is -2.13. The summed E-state index contributed by atoms with van der Waals surface area (Å²) in [6.07, 6.45) is 1.70. The molecule has 0 aromatic heterocycles. The van der Waals surface area contributed by atoms with Gasteiger partial charge in [-0.2, -0.15) is 0 Å². The third-order valence-corrected chi connectivity index (χ3v) is 3.90. The molecule has 0 bridgehead atoms. The van der Waals surface area contributed by atoms with E-state index >= 15 is 0 Å². The zero-order valence-electron chi connectivity index (χ0n) is 13.8. The summed E-state index contributed by atoms with van der Waals surface area (Å²) in [5.74, 6) is -0.362. The SMILES string of the molecule is CCN(C)/C=N\c1cc(F)c(Nc2cc(C)ccc2Cl)cc1C. The van der Waals surface area contributed by atoms with Crippen LogP contribution in [0.3, 0.4) is 0 Å². The standard InChI is InChI=1S/C18H21ClFN3/c1-5-23(4)11-21-16-10-15(20)18(9-13(16)3)22-17-8-12(2)6-7-14(17)19/h6-11,22H,5H2,1-4H3/b21-11-. The van der Waals surface area contributed by atoms with Crippen LogP contribution < -0.4 is 5.32 Å². The summed E-state index contributed by atoms with van der Waals surface area (Å²) in [5.41, 5.74) is 3.63. The molecule has 0 atom stereocenters.